The Kier molecular flexibility index (Phi) is 7.51. The van der Waals surface area contributed by atoms with Crippen LogP contribution in [0.3, 0.4) is 0 Å². The van der Waals surface area contributed by atoms with Crippen LogP contribution in [-0.4, -0.2) is 11.9 Å². The minimum Gasteiger partial charge on any atom is -0.489 e. The highest BCUT2D eigenvalue weighted by atomic mass is 35.5. The molecule has 4 nitrogen and oxygen atoms in total. The highest BCUT2D eigenvalue weighted by Crippen LogP contribution is 2.15. The molecule has 124 valence electrons. The number of carbonyl (C=O) groups excluding carboxylic acids is 1. The lowest BCUT2D eigenvalue weighted by Crippen LogP contribution is -2.38. The van der Waals surface area contributed by atoms with Crippen molar-refractivity contribution in [2.75, 3.05) is 0 Å². The number of amides is 1. The van der Waals surface area contributed by atoms with E-state index in [-0.39, 0.29) is 36.8 Å². The summed E-state index contributed by atoms with van der Waals surface area (Å²) in [6.07, 6.45) is 0. The molecule has 0 aliphatic heterocycles. The van der Waals surface area contributed by atoms with Gasteiger partial charge in [-0.3, -0.25) is 4.79 Å². The molecule has 2 aromatic carbocycles. The molecule has 0 radical (unpaired) electrons. The van der Waals surface area contributed by atoms with E-state index in [1.54, 1.807) is 25.1 Å². The molecule has 6 heteroatoms. The quantitative estimate of drug-likeness (QED) is 0.816. The molecule has 0 aliphatic rings. The first kappa shape index (κ1) is 18.9. The van der Waals surface area contributed by atoms with Crippen LogP contribution in [0.4, 0.5) is 4.39 Å². The fraction of sp³-hybridized carbons (Fsp3) is 0.235. The maximum atomic E-state index is 13.5. The molecule has 2 aromatic rings. The van der Waals surface area contributed by atoms with E-state index in [4.69, 9.17) is 10.5 Å². The molecule has 0 aliphatic carbocycles. The van der Waals surface area contributed by atoms with E-state index in [1.165, 1.54) is 6.07 Å². The van der Waals surface area contributed by atoms with E-state index in [0.717, 1.165) is 5.56 Å². The molecular weight excluding hydrogens is 319 g/mol. The van der Waals surface area contributed by atoms with E-state index >= 15 is 0 Å². The highest BCUT2D eigenvalue weighted by molar-refractivity contribution is 5.85. The Hall–Kier alpha value is -2.11. The molecule has 0 fully saturated rings. The van der Waals surface area contributed by atoms with Crippen molar-refractivity contribution in [3.8, 4) is 5.75 Å². The number of benzene rings is 2. The van der Waals surface area contributed by atoms with Crippen molar-refractivity contribution in [3.05, 3.63) is 65.5 Å². The summed E-state index contributed by atoms with van der Waals surface area (Å²) in [5, 5.41) is 3.02. The zero-order valence-electron chi connectivity index (χ0n) is 12.8. The third-order valence-corrected chi connectivity index (χ3v) is 3.31. The average Bonchev–Trinajstić information content (AvgIpc) is 2.52. The zero-order valence-corrected chi connectivity index (χ0v) is 13.6. The van der Waals surface area contributed by atoms with Crippen LogP contribution >= 0.6 is 12.4 Å². The first-order valence-electron chi connectivity index (χ1n) is 7.04. The second kappa shape index (κ2) is 9.12. The number of hydrogen-bond donors (Lipinski definition) is 2. The van der Waals surface area contributed by atoms with Crippen LogP contribution in [0.5, 0.6) is 5.75 Å². The van der Waals surface area contributed by atoms with Crippen molar-refractivity contribution < 1.29 is 13.9 Å². The Balaban J connectivity index is 0.00000264. The Morgan fingerprint density at radius 3 is 2.48 bits per heavy atom. The summed E-state index contributed by atoms with van der Waals surface area (Å²) in [7, 11) is 0. The number of ether oxygens (including phenoxy) is 1. The van der Waals surface area contributed by atoms with Gasteiger partial charge >= 0.3 is 0 Å². The number of halogens is 2. The maximum Gasteiger partial charge on any atom is 0.234 e. The fourth-order valence-electron chi connectivity index (χ4n) is 1.85. The molecule has 1 atom stereocenters. The van der Waals surface area contributed by atoms with E-state index < -0.39 is 0 Å². The summed E-state index contributed by atoms with van der Waals surface area (Å²) in [4.78, 5) is 10.9. The van der Waals surface area contributed by atoms with Gasteiger partial charge in [-0.25, -0.2) is 4.39 Å². The third-order valence-electron chi connectivity index (χ3n) is 3.31. The van der Waals surface area contributed by atoms with Crippen LogP contribution in [0.1, 0.15) is 18.1 Å². The molecule has 23 heavy (non-hydrogen) atoms. The van der Waals surface area contributed by atoms with Gasteiger partial charge in [-0.15, -0.1) is 12.4 Å². The summed E-state index contributed by atoms with van der Waals surface area (Å²) in [5.74, 6) is 0.00329. The number of nitrogens with two attached hydrogens (primary N) is 1. The van der Waals surface area contributed by atoms with E-state index in [9.17, 15) is 9.18 Å². The molecule has 0 heterocycles. The number of carbonyl (C=O) groups is 1. The fourth-order valence-corrected chi connectivity index (χ4v) is 1.85. The van der Waals surface area contributed by atoms with Crippen LogP contribution < -0.4 is 15.8 Å². The first-order chi connectivity index (χ1) is 10.6. The van der Waals surface area contributed by atoms with Gasteiger partial charge < -0.3 is 15.8 Å². The van der Waals surface area contributed by atoms with Gasteiger partial charge in [0.25, 0.3) is 0 Å². The van der Waals surface area contributed by atoms with Gasteiger partial charge in [0, 0.05) is 12.1 Å². The molecule has 0 saturated heterocycles. The Labute approximate surface area is 141 Å². The summed E-state index contributed by atoms with van der Waals surface area (Å²) >= 11 is 0. The minimum atomic E-state index is -0.384. The van der Waals surface area contributed by atoms with E-state index in [1.807, 2.05) is 24.3 Å². The number of nitrogens with one attached hydrogen (secondary N) is 1. The lowest BCUT2D eigenvalue weighted by Gasteiger charge is -2.11. The van der Waals surface area contributed by atoms with E-state index in [2.05, 4.69) is 5.32 Å². The molecular formula is C17H20ClFN2O2. The number of rotatable bonds is 7. The van der Waals surface area contributed by atoms with Crippen molar-refractivity contribution in [2.24, 2.45) is 5.73 Å². The monoisotopic (exact) mass is 338 g/mol. The molecule has 0 saturated carbocycles. The van der Waals surface area contributed by atoms with Gasteiger partial charge in [-0.1, -0.05) is 30.3 Å². The highest BCUT2D eigenvalue weighted by Gasteiger charge is 2.07. The lowest BCUT2D eigenvalue weighted by molar-refractivity contribution is -0.119. The minimum absolute atomic E-state index is 0. The maximum absolute atomic E-state index is 13.5. The lowest BCUT2D eigenvalue weighted by atomic mass is 10.2. The van der Waals surface area contributed by atoms with Crippen molar-refractivity contribution in [2.45, 2.75) is 26.1 Å². The second-order valence-corrected chi connectivity index (χ2v) is 5.03. The summed E-state index contributed by atoms with van der Waals surface area (Å²) in [6.45, 7) is 2.44. The van der Waals surface area contributed by atoms with Crippen LogP contribution in [0.15, 0.2) is 48.5 Å². The standard InChI is InChI=1S/C17H19FN2O2.ClH/c1-12(17(19)21)20-10-13-6-8-15(9-7-13)22-11-14-4-2-3-5-16(14)18;/h2-9,12,20H,10-11H2,1H3,(H2,19,21);1H/t12-;/m0./s1. The van der Waals surface area contributed by atoms with Gasteiger partial charge in [0.15, 0.2) is 0 Å². The molecule has 1 amide bonds. The smallest absolute Gasteiger partial charge is 0.234 e. The van der Waals surface area contributed by atoms with Gasteiger partial charge in [0.05, 0.1) is 6.04 Å². The SMILES string of the molecule is C[C@H](NCc1ccc(OCc2ccccc2F)cc1)C(N)=O.Cl. The van der Waals surface area contributed by atoms with Gasteiger partial charge in [-0.2, -0.15) is 0 Å². The predicted octanol–water partition coefficient (Wildman–Crippen LogP) is 2.79. The molecule has 2 rings (SSSR count). The topological polar surface area (TPSA) is 64.3 Å². The number of primary amides is 1. The largest absolute Gasteiger partial charge is 0.489 e. The molecule has 0 unspecified atom stereocenters. The Bertz CT molecular complexity index is 635. The predicted molar refractivity (Wildman–Crippen MR) is 89.9 cm³/mol. The van der Waals surface area contributed by atoms with Crippen LogP contribution in [0.2, 0.25) is 0 Å². The molecule has 0 bridgehead atoms. The van der Waals surface area contributed by atoms with E-state index in [0.29, 0.717) is 17.9 Å². The first-order valence-corrected chi connectivity index (χ1v) is 7.04. The van der Waals surface area contributed by atoms with Crippen molar-refractivity contribution >= 4 is 18.3 Å². The van der Waals surface area contributed by atoms with Gasteiger partial charge in [0.2, 0.25) is 5.91 Å². The zero-order chi connectivity index (χ0) is 15.9. The molecule has 0 aromatic heterocycles. The van der Waals surface area contributed by atoms with Crippen LogP contribution in [0.25, 0.3) is 0 Å². The molecule has 3 N–H and O–H groups in total. The van der Waals surface area contributed by atoms with Crippen molar-refractivity contribution in [1.82, 2.24) is 5.32 Å². The number of hydrogen-bond acceptors (Lipinski definition) is 3. The van der Waals surface area contributed by atoms with Crippen LogP contribution in [0, 0.1) is 5.82 Å². The second-order valence-electron chi connectivity index (χ2n) is 5.03. The van der Waals surface area contributed by atoms with Gasteiger partial charge in [-0.05, 0) is 30.7 Å². The third kappa shape index (κ3) is 5.88. The summed E-state index contributed by atoms with van der Waals surface area (Å²) in [5.41, 5.74) is 6.70. The van der Waals surface area contributed by atoms with Gasteiger partial charge in [0.1, 0.15) is 18.2 Å². The van der Waals surface area contributed by atoms with Crippen LogP contribution in [-0.2, 0) is 17.9 Å². The normalized spacial score (nSPS) is 11.4. The van der Waals surface area contributed by atoms with Crippen molar-refractivity contribution in [1.29, 1.82) is 0 Å². The Morgan fingerprint density at radius 2 is 1.87 bits per heavy atom. The molecule has 0 spiro atoms. The summed E-state index contributed by atoms with van der Waals surface area (Å²) in [6, 6.07) is 13.5. The average molecular weight is 339 g/mol. The Morgan fingerprint density at radius 1 is 1.22 bits per heavy atom. The van der Waals surface area contributed by atoms with Crippen molar-refractivity contribution in [3.63, 3.8) is 0 Å². The summed E-state index contributed by atoms with van der Waals surface area (Å²) < 4.78 is 19.0.